The van der Waals surface area contributed by atoms with Crippen molar-refractivity contribution in [3.63, 3.8) is 0 Å². The fraction of sp³-hybridized carbons (Fsp3) is 0.391. The second-order valence-electron chi connectivity index (χ2n) is 8.13. The van der Waals surface area contributed by atoms with E-state index in [1.165, 1.54) is 11.6 Å². The highest BCUT2D eigenvalue weighted by molar-refractivity contribution is 6.06. The third-order valence-electron chi connectivity index (χ3n) is 6.11. The van der Waals surface area contributed by atoms with Gasteiger partial charge in [0.2, 0.25) is 5.91 Å². The van der Waals surface area contributed by atoms with Gasteiger partial charge in [-0.1, -0.05) is 30.3 Å². The summed E-state index contributed by atoms with van der Waals surface area (Å²) in [5.41, 5.74) is 6.87. The quantitative estimate of drug-likeness (QED) is 0.818. The summed E-state index contributed by atoms with van der Waals surface area (Å²) in [7, 11) is 0. The Balaban J connectivity index is 1.32. The first kappa shape index (κ1) is 19.6. The molecule has 2 amide bonds. The van der Waals surface area contributed by atoms with Gasteiger partial charge < -0.3 is 15.5 Å². The number of fused-ring (bicyclic) bond motifs is 1. The van der Waals surface area contributed by atoms with Gasteiger partial charge in [0.05, 0.1) is 11.1 Å². The summed E-state index contributed by atoms with van der Waals surface area (Å²) in [6, 6.07) is 14.1. The summed E-state index contributed by atoms with van der Waals surface area (Å²) in [5, 5.41) is 0. The van der Waals surface area contributed by atoms with E-state index < -0.39 is 11.7 Å². The molecular weight excluding hydrogens is 369 g/mol. The fourth-order valence-corrected chi connectivity index (χ4v) is 4.67. The number of halogens is 1. The summed E-state index contributed by atoms with van der Waals surface area (Å²) in [6.07, 6.45) is 2.20. The average Bonchev–Trinajstić information content (AvgIpc) is 3.27. The van der Waals surface area contributed by atoms with E-state index in [0.29, 0.717) is 24.9 Å². The molecule has 6 heteroatoms. The summed E-state index contributed by atoms with van der Waals surface area (Å²) >= 11 is 0. The molecule has 2 aromatic carbocycles. The Morgan fingerprint density at radius 2 is 1.66 bits per heavy atom. The second-order valence-corrected chi connectivity index (χ2v) is 8.13. The number of aryl methyl sites for hydroxylation is 1. The highest BCUT2D eigenvalue weighted by Crippen LogP contribution is 2.32. The minimum absolute atomic E-state index is 0.0668. The van der Waals surface area contributed by atoms with Gasteiger partial charge in [-0.3, -0.25) is 9.59 Å². The molecule has 2 fully saturated rings. The standard InChI is InChI=1S/C23H26FN3O2/c24-19-8-9-20(22(25)28)21(11-19)23(29)27-14-17-12-26(13-18(17)15-27)10-4-7-16-5-2-1-3-6-16/h1-3,5-6,8-9,11,17-18H,4,7,10,12-15H2,(H2,25,28)/t17-,18?/m0/s1. The first-order valence-corrected chi connectivity index (χ1v) is 10.2. The number of amides is 2. The Morgan fingerprint density at radius 3 is 2.31 bits per heavy atom. The van der Waals surface area contributed by atoms with Gasteiger partial charge in [0.15, 0.2) is 0 Å². The lowest BCUT2D eigenvalue weighted by atomic mass is 10.0. The number of carbonyl (C=O) groups excluding carboxylic acids is 2. The molecule has 29 heavy (non-hydrogen) atoms. The third-order valence-corrected chi connectivity index (χ3v) is 6.11. The van der Waals surface area contributed by atoms with E-state index in [0.717, 1.165) is 44.6 Å². The molecule has 0 aliphatic carbocycles. The molecule has 2 aromatic rings. The minimum atomic E-state index is -0.711. The van der Waals surface area contributed by atoms with Crippen molar-refractivity contribution in [1.82, 2.24) is 9.80 Å². The first-order valence-electron chi connectivity index (χ1n) is 10.2. The van der Waals surface area contributed by atoms with E-state index in [1.807, 2.05) is 6.07 Å². The monoisotopic (exact) mass is 395 g/mol. The van der Waals surface area contributed by atoms with Crippen LogP contribution in [0.15, 0.2) is 48.5 Å². The SMILES string of the molecule is NC(=O)c1ccc(F)cc1C(=O)N1CC2CN(CCCc3ccccc3)C[C@H]2C1. The van der Waals surface area contributed by atoms with E-state index >= 15 is 0 Å². The molecule has 1 unspecified atom stereocenters. The van der Waals surface area contributed by atoms with Crippen molar-refractivity contribution in [1.29, 1.82) is 0 Å². The number of hydrogen-bond donors (Lipinski definition) is 1. The van der Waals surface area contributed by atoms with Crippen molar-refractivity contribution in [3.8, 4) is 0 Å². The Hall–Kier alpha value is -2.73. The van der Waals surface area contributed by atoms with Gasteiger partial charge in [-0.15, -0.1) is 0 Å². The molecule has 2 aliphatic heterocycles. The molecule has 0 bridgehead atoms. The molecule has 2 N–H and O–H groups in total. The number of likely N-dealkylation sites (tertiary alicyclic amines) is 2. The fourth-order valence-electron chi connectivity index (χ4n) is 4.67. The minimum Gasteiger partial charge on any atom is -0.366 e. The molecule has 0 saturated carbocycles. The van der Waals surface area contributed by atoms with Crippen LogP contribution in [0.1, 0.15) is 32.7 Å². The van der Waals surface area contributed by atoms with Gasteiger partial charge in [-0.05, 0) is 55.0 Å². The number of hydrogen-bond acceptors (Lipinski definition) is 3. The van der Waals surface area contributed by atoms with Crippen LogP contribution in [-0.2, 0) is 6.42 Å². The van der Waals surface area contributed by atoms with Crippen LogP contribution in [0.3, 0.4) is 0 Å². The molecule has 2 aliphatic rings. The largest absolute Gasteiger partial charge is 0.366 e. The van der Waals surface area contributed by atoms with E-state index in [4.69, 9.17) is 5.73 Å². The highest BCUT2D eigenvalue weighted by Gasteiger charge is 2.41. The molecule has 2 heterocycles. The zero-order chi connectivity index (χ0) is 20.4. The van der Waals surface area contributed by atoms with E-state index in [9.17, 15) is 14.0 Å². The Bertz CT molecular complexity index is 888. The number of nitrogens with two attached hydrogens (primary N) is 1. The van der Waals surface area contributed by atoms with Crippen molar-refractivity contribution in [2.24, 2.45) is 17.6 Å². The van der Waals surface area contributed by atoms with Crippen molar-refractivity contribution in [2.45, 2.75) is 12.8 Å². The van der Waals surface area contributed by atoms with Gasteiger partial charge in [0.25, 0.3) is 5.91 Å². The normalized spacial score (nSPS) is 21.3. The lowest BCUT2D eigenvalue weighted by Crippen LogP contribution is -2.34. The van der Waals surface area contributed by atoms with Crippen LogP contribution < -0.4 is 5.73 Å². The summed E-state index contributed by atoms with van der Waals surface area (Å²) in [5.74, 6) is -0.689. The lowest BCUT2D eigenvalue weighted by molar-refractivity contribution is 0.0768. The summed E-state index contributed by atoms with van der Waals surface area (Å²) in [4.78, 5) is 28.8. The van der Waals surface area contributed by atoms with Gasteiger partial charge in [0.1, 0.15) is 5.82 Å². The topological polar surface area (TPSA) is 66.6 Å². The lowest BCUT2D eigenvalue weighted by Gasteiger charge is -2.22. The molecule has 0 aromatic heterocycles. The van der Waals surface area contributed by atoms with Crippen molar-refractivity contribution >= 4 is 11.8 Å². The third kappa shape index (κ3) is 4.32. The molecule has 5 nitrogen and oxygen atoms in total. The van der Waals surface area contributed by atoms with Gasteiger partial charge >= 0.3 is 0 Å². The van der Waals surface area contributed by atoms with Crippen LogP contribution in [-0.4, -0.2) is 54.3 Å². The smallest absolute Gasteiger partial charge is 0.254 e. The molecule has 0 spiro atoms. The van der Waals surface area contributed by atoms with Gasteiger partial charge in [-0.25, -0.2) is 4.39 Å². The summed E-state index contributed by atoms with van der Waals surface area (Å²) in [6.45, 7) is 4.32. The second kappa shape index (κ2) is 8.33. The first-order chi connectivity index (χ1) is 14.0. The van der Waals surface area contributed by atoms with Gasteiger partial charge in [0, 0.05) is 26.2 Å². The Kier molecular flexibility index (Phi) is 5.62. The summed E-state index contributed by atoms with van der Waals surface area (Å²) < 4.78 is 13.7. The highest BCUT2D eigenvalue weighted by atomic mass is 19.1. The van der Waals surface area contributed by atoms with E-state index in [2.05, 4.69) is 29.2 Å². The maximum Gasteiger partial charge on any atom is 0.254 e. The van der Waals surface area contributed by atoms with Crippen LogP contribution in [0.5, 0.6) is 0 Å². The van der Waals surface area contributed by atoms with Crippen LogP contribution in [0.4, 0.5) is 4.39 Å². The van der Waals surface area contributed by atoms with E-state index in [-0.39, 0.29) is 17.0 Å². The number of carbonyl (C=O) groups is 2. The van der Waals surface area contributed by atoms with Crippen LogP contribution in [0, 0.1) is 17.7 Å². The molecule has 0 radical (unpaired) electrons. The molecule has 4 rings (SSSR count). The van der Waals surface area contributed by atoms with Crippen LogP contribution >= 0.6 is 0 Å². The number of primary amides is 1. The zero-order valence-corrected chi connectivity index (χ0v) is 16.4. The van der Waals surface area contributed by atoms with Crippen LogP contribution in [0.25, 0.3) is 0 Å². The van der Waals surface area contributed by atoms with Gasteiger partial charge in [-0.2, -0.15) is 0 Å². The molecule has 2 atom stereocenters. The maximum atomic E-state index is 13.7. The molecule has 2 saturated heterocycles. The molecule has 152 valence electrons. The predicted molar refractivity (Wildman–Crippen MR) is 109 cm³/mol. The van der Waals surface area contributed by atoms with Crippen LogP contribution in [0.2, 0.25) is 0 Å². The van der Waals surface area contributed by atoms with E-state index in [1.54, 1.807) is 4.90 Å². The predicted octanol–water partition coefficient (Wildman–Crippen LogP) is 2.56. The Morgan fingerprint density at radius 1 is 0.966 bits per heavy atom. The maximum absolute atomic E-state index is 13.7. The zero-order valence-electron chi connectivity index (χ0n) is 16.4. The number of nitrogens with zero attached hydrogens (tertiary/aromatic N) is 2. The average molecular weight is 395 g/mol. The molecular formula is C23H26FN3O2. The number of benzene rings is 2. The number of rotatable bonds is 6. The van der Waals surface area contributed by atoms with Crippen molar-refractivity contribution in [2.75, 3.05) is 32.7 Å². The Labute approximate surface area is 170 Å². The van der Waals surface area contributed by atoms with Crippen molar-refractivity contribution in [3.05, 3.63) is 71.0 Å². The van der Waals surface area contributed by atoms with Crippen molar-refractivity contribution < 1.29 is 14.0 Å².